The molecule has 10 heteroatoms. The number of hydrogen-bond donors (Lipinski definition) is 2. The topological polar surface area (TPSA) is 119 Å². The van der Waals surface area contributed by atoms with Crippen LogP contribution < -0.4 is 25.2 Å². The van der Waals surface area contributed by atoms with E-state index in [0.29, 0.717) is 22.4 Å². The van der Waals surface area contributed by atoms with Crippen LogP contribution >= 0.6 is 0 Å². The Morgan fingerprint density at radius 2 is 1.63 bits per heavy atom. The number of nitrogens with one attached hydrogen (secondary N) is 2. The van der Waals surface area contributed by atoms with Gasteiger partial charge in [-0.2, -0.15) is 13.2 Å². The Hall–Kier alpha value is -4.31. The summed E-state index contributed by atoms with van der Waals surface area (Å²) in [6.07, 6.45) is 0. The highest BCUT2D eigenvalue weighted by Gasteiger charge is 2.18. The number of amides is 1. The molecule has 1 aromatic heterocycles. The number of benzene rings is 3. The molecule has 35 heavy (non-hydrogen) atoms. The van der Waals surface area contributed by atoms with E-state index in [1.165, 1.54) is 32.4 Å². The van der Waals surface area contributed by atoms with Crippen LogP contribution in [0.2, 0.25) is 0 Å². The van der Waals surface area contributed by atoms with Gasteiger partial charge in [-0.1, -0.05) is 36.4 Å². The van der Waals surface area contributed by atoms with Gasteiger partial charge >= 0.3 is 0 Å². The summed E-state index contributed by atoms with van der Waals surface area (Å²) in [7, 11) is -1.27. The van der Waals surface area contributed by atoms with Crippen LogP contribution in [-0.4, -0.2) is 28.5 Å². The van der Waals surface area contributed by atoms with Gasteiger partial charge in [0.25, 0.3) is 15.9 Å². The number of hydrogen-bond acceptors (Lipinski definition) is 7. The van der Waals surface area contributed by atoms with Gasteiger partial charge in [0.15, 0.2) is 11.5 Å². The van der Waals surface area contributed by atoms with Crippen molar-refractivity contribution in [3.05, 3.63) is 89.5 Å². The third-order valence-corrected chi connectivity index (χ3v) is 6.43. The molecule has 2 N–H and O–H groups in total. The van der Waals surface area contributed by atoms with E-state index in [9.17, 15) is 13.2 Å². The van der Waals surface area contributed by atoms with E-state index < -0.39 is 15.9 Å². The molecule has 0 unspecified atom stereocenters. The van der Waals surface area contributed by atoms with E-state index in [1.54, 1.807) is 42.5 Å². The smallest absolute Gasteiger partial charge is 0.276 e. The molecule has 0 fully saturated rings. The van der Waals surface area contributed by atoms with E-state index in [1.807, 2.05) is 19.1 Å². The molecule has 0 spiro atoms. The first-order chi connectivity index (χ1) is 16.8. The van der Waals surface area contributed by atoms with Crippen LogP contribution in [0, 0.1) is 6.92 Å². The zero-order valence-electron chi connectivity index (χ0n) is 19.2. The number of ether oxygens (including phenoxy) is 2. The molecule has 0 saturated heterocycles. The van der Waals surface area contributed by atoms with Crippen LogP contribution in [0.3, 0.4) is 0 Å². The number of aryl methyl sites for hydroxylation is 1. The summed E-state index contributed by atoms with van der Waals surface area (Å²) in [6.45, 7) is 1.86. The maximum Gasteiger partial charge on any atom is 0.276 e. The molecule has 0 radical (unpaired) electrons. The van der Waals surface area contributed by atoms with Crippen molar-refractivity contribution in [1.82, 2.24) is 4.83 Å². The largest absolute Gasteiger partial charge is 0.493 e. The highest BCUT2D eigenvalue weighted by atomic mass is 32.2. The van der Waals surface area contributed by atoms with E-state index in [-0.39, 0.29) is 21.8 Å². The number of sulfonamides is 1. The van der Waals surface area contributed by atoms with Gasteiger partial charge in [0.1, 0.15) is 11.1 Å². The Balaban J connectivity index is 1.75. The minimum atomic E-state index is -4.12. The third-order valence-electron chi connectivity index (χ3n) is 5.23. The zero-order valence-corrected chi connectivity index (χ0v) is 20.0. The highest BCUT2D eigenvalue weighted by Crippen LogP contribution is 2.29. The molecule has 0 atom stereocenters. The van der Waals surface area contributed by atoms with Crippen LogP contribution in [-0.2, 0) is 10.0 Å². The second kappa shape index (κ2) is 9.90. The number of fused-ring (bicyclic) bond motifs is 1. The first-order valence-corrected chi connectivity index (χ1v) is 12.0. The van der Waals surface area contributed by atoms with Crippen LogP contribution in [0.25, 0.3) is 11.0 Å². The van der Waals surface area contributed by atoms with Crippen molar-refractivity contribution < 1.29 is 27.1 Å². The van der Waals surface area contributed by atoms with Crippen molar-refractivity contribution >= 4 is 32.6 Å². The lowest BCUT2D eigenvalue weighted by atomic mass is 10.1. The molecule has 1 amide bonds. The molecule has 0 bridgehead atoms. The Kier molecular flexibility index (Phi) is 6.74. The Morgan fingerprint density at radius 1 is 0.914 bits per heavy atom. The predicted molar refractivity (Wildman–Crippen MR) is 131 cm³/mol. The molecular formula is C25H23N3O6S. The molecule has 4 rings (SSSR count). The van der Waals surface area contributed by atoms with Gasteiger partial charge < -0.3 is 19.2 Å². The number of anilines is 1. The highest BCUT2D eigenvalue weighted by molar-refractivity contribution is 7.89. The fourth-order valence-electron chi connectivity index (χ4n) is 3.36. The first kappa shape index (κ1) is 23.8. The number of methoxy groups -OCH3 is 2. The molecular weight excluding hydrogens is 470 g/mol. The molecule has 9 nitrogen and oxygen atoms in total. The van der Waals surface area contributed by atoms with Crippen LogP contribution in [0.4, 0.5) is 5.69 Å². The molecule has 0 aliphatic heterocycles. The minimum absolute atomic E-state index is 0.0574. The molecule has 3 aromatic carbocycles. The summed E-state index contributed by atoms with van der Waals surface area (Å²) in [5.41, 5.74) is 1.78. The van der Waals surface area contributed by atoms with Crippen molar-refractivity contribution in [2.75, 3.05) is 19.5 Å². The lowest BCUT2D eigenvalue weighted by molar-refractivity contribution is 0.102. The molecule has 0 saturated carbocycles. The summed E-state index contributed by atoms with van der Waals surface area (Å²) in [6, 6.07) is 20.0. The van der Waals surface area contributed by atoms with Crippen LogP contribution in [0.1, 0.15) is 15.9 Å². The standard InChI is InChI=1S/C25H23N3O6S/c1-16-8-4-6-10-20(16)26-24(29)19-14-17-9-5-7-11-21(17)34-25(19)27-28-35(30,31)18-12-13-22(32-2)23(15-18)33-3/h4-15,28H,1-3H3,(H,26,29)/b27-25-. The molecule has 1 heterocycles. The average Bonchev–Trinajstić information content (AvgIpc) is 2.87. The maximum absolute atomic E-state index is 13.1. The maximum atomic E-state index is 13.1. The van der Waals surface area contributed by atoms with Gasteiger partial charge in [0, 0.05) is 17.1 Å². The van der Waals surface area contributed by atoms with Gasteiger partial charge in [-0.05, 0) is 42.8 Å². The summed E-state index contributed by atoms with van der Waals surface area (Å²) in [4.78, 5) is 15.2. The minimum Gasteiger partial charge on any atom is -0.493 e. The quantitative estimate of drug-likeness (QED) is 0.378. The molecule has 0 aliphatic rings. The fraction of sp³-hybridized carbons (Fsp3) is 0.120. The number of para-hydroxylation sites is 2. The second-order valence-electron chi connectivity index (χ2n) is 7.50. The Bertz CT molecular complexity index is 1580. The van der Waals surface area contributed by atoms with Crippen molar-refractivity contribution in [3.8, 4) is 11.5 Å². The number of carbonyl (C=O) groups is 1. The number of nitrogens with zero attached hydrogens (tertiary/aromatic N) is 1. The Labute approximate surface area is 202 Å². The summed E-state index contributed by atoms with van der Waals surface area (Å²) in [5, 5.41) is 7.43. The monoisotopic (exact) mass is 493 g/mol. The molecule has 0 aliphatic carbocycles. The lowest BCUT2D eigenvalue weighted by Crippen LogP contribution is -2.27. The SMILES string of the molecule is COc1ccc(S(=O)(=O)N/N=c2\oc3ccccc3cc2C(=O)Nc2ccccc2C)cc1OC. The normalized spacial score (nSPS) is 11.8. The number of carbonyl (C=O) groups excluding carboxylic acids is 1. The van der Waals surface area contributed by atoms with Crippen molar-refractivity contribution in [2.24, 2.45) is 5.10 Å². The van der Waals surface area contributed by atoms with Crippen LogP contribution in [0.5, 0.6) is 11.5 Å². The average molecular weight is 494 g/mol. The molecule has 180 valence electrons. The first-order valence-electron chi connectivity index (χ1n) is 10.5. The van der Waals surface area contributed by atoms with E-state index in [0.717, 1.165) is 5.56 Å². The van der Waals surface area contributed by atoms with E-state index in [2.05, 4.69) is 15.2 Å². The van der Waals surface area contributed by atoms with Crippen molar-refractivity contribution in [3.63, 3.8) is 0 Å². The summed E-state index contributed by atoms with van der Waals surface area (Å²) in [5.74, 6) is 0.116. The van der Waals surface area contributed by atoms with Crippen molar-refractivity contribution in [2.45, 2.75) is 11.8 Å². The van der Waals surface area contributed by atoms with E-state index >= 15 is 0 Å². The van der Waals surface area contributed by atoms with Gasteiger partial charge in [-0.15, -0.1) is 5.10 Å². The summed E-state index contributed by atoms with van der Waals surface area (Å²) < 4.78 is 41.9. The van der Waals surface area contributed by atoms with Crippen LogP contribution in [0.15, 0.2) is 87.2 Å². The van der Waals surface area contributed by atoms with Gasteiger partial charge in [0.05, 0.1) is 19.1 Å². The Morgan fingerprint density at radius 3 is 2.37 bits per heavy atom. The molecule has 4 aromatic rings. The fourth-order valence-corrected chi connectivity index (χ4v) is 4.17. The summed E-state index contributed by atoms with van der Waals surface area (Å²) >= 11 is 0. The van der Waals surface area contributed by atoms with Gasteiger partial charge in [0.2, 0.25) is 5.55 Å². The van der Waals surface area contributed by atoms with Gasteiger partial charge in [-0.3, -0.25) is 4.79 Å². The lowest BCUT2D eigenvalue weighted by Gasteiger charge is -2.10. The van der Waals surface area contributed by atoms with E-state index in [4.69, 9.17) is 13.9 Å². The second-order valence-corrected chi connectivity index (χ2v) is 9.16. The zero-order chi connectivity index (χ0) is 25.0. The third kappa shape index (κ3) is 5.12. The predicted octanol–water partition coefficient (Wildman–Crippen LogP) is 3.80. The van der Waals surface area contributed by atoms with Gasteiger partial charge in [-0.25, -0.2) is 0 Å². The van der Waals surface area contributed by atoms with Crippen molar-refractivity contribution in [1.29, 1.82) is 0 Å². The number of rotatable bonds is 7.